The number of carboxylic acids is 1. The topological polar surface area (TPSA) is 57.6 Å². The summed E-state index contributed by atoms with van der Waals surface area (Å²) >= 11 is 1.62. The van der Waals surface area contributed by atoms with Crippen LogP contribution in [0, 0.1) is 11.8 Å². The summed E-state index contributed by atoms with van der Waals surface area (Å²) in [5.41, 5.74) is 1.15. The number of carboxylic acid groups (broad SMARTS) is 1. The standard InChI is InChI=1S/C13H15NO3S/c15-12(10-5-11(10)13(16)17)14(9-1-2-9)6-8-3-4-18-7-8/h3-4,7,9-11H,1-2,5-6H2,(H,16,17). The predicted molar refractivity (Wildman–Crippen MR) is 67.1 cm³/mol. The number of amides is 1. The number of carbonyl (C=O) groups is 2. The van der Waals surface area contributed by atoms with Gasteiger partial charge >= 0.3 is 5.97 Å². The van der Waals surface area contributed by atoms with Crippen molar-refractivity contribution in [3.63, 3.8) is 0 Å². The van der Waals surface area contributed by atoms with Gasteiger partial charge in [0.15, 0.2) is 0 Å². The van der Waals surface area contributed by atoms with Crippen LogP contribution < -0.4 is 0 Å². The first kappa shape index (κ1) is 11.7. The molecule has 2 unspecified atom stereocenters. The lowest BCUT2D eigenvalue weighted by atomic mass is 10.2. The van der Waals surface area contributed by atoms with E-state index in [1.54, 1.807) is 11.3 Å². The Morgan fingerprint density at radius 2 is 2.17 bits per heavy atom. The van der Waals surface area contributed by atoms with E-state index in [1.807, 2.05) is 21.7 Å². The Kier molecular flexibility index (Phi) is 2.86. The molecule has 1 amide bonds. The first-order chi connectivity index (χ1) is 8.66. The van der Waals surface area contributed by atoms with Crippen molar-refractivity contribution >= 4 is 23.2 Å². The van der Waals surface area contributed by atoms with Gasteiger partial charge in [0.05, 0.1) is 11.8 Å². The molecule has 2 aliphatic carbocycles. The molecular formula is C13H15NO3S. The maximum Gasteiger partial charge on any atom is 0.307 e. The molecule has 1 heterocycles. The third-order valence-corrected chi connectivity index (χ3v) is 4.36. The number of hydrogen-bond acceptors (Lipinski definition) is 3. The minimum absolute atomic E-state index is 0.0381. The van der Waals surface area contributed by atoms with Gasteiger partial charge in [-0.15, -0.1) is 0 Å². The predicted octanol–water partition coefficient (Wildman–Crippen LogP) is 1.96. The highest BCUT2D eigenvalue weighted by molar-refractivity contribution is 7.07. The van der Waals surface area contributed by atoms with Crippen molar-refractivity contribution in [2.24, 2.45) is 11.8 Å². The van der Waals surface area contributed by atoms with E-state index >= 15 is 0 Å². The van der Waals surface area contributed by atoms with Crippen molar-refractivity contribution in [3.8, 4) is 0 Å². The van der Waals surface area contributed by atoms with Gasteiger partial charge in [0.2, 0.25) is 5.91 Å². The quantitative estimate of drug-likeness (QED) is 0.885. The summed E-state index contributed by atoms with van der Waals surface area (Å²) in [6, 6.07) is 2.36. The van der Waals surface area contributed by atoms with Crippen LogP contribution in [0.4, 0.5) is 0 Å². The van der Waals surface area contributed by atoms with Gasteiger partial charge in [-0.25, -0.2) is 0 Å². The van der Waals surface area contributed by atoms with Crippen LogP contribution >= 0.6 is 11.3 Å². The second-order valence-corrected chi connectivity index (χ2v) is 5.90. The molecule has 0 spiro atoms. The van der Waals surface area contributed by atoms with E-state index in [0.29, 0.717) is 19.0 Å². The molecule has 0 bridgehead atoms. The fourth-order valence-electron chi connectivity index (χ4n) is 2.31. The fraction of sp³-hybridized carbons (Fsp3) is 0.538. The van der Waals surface area contributed by atoms with Gasteiger partial charge in [-0.3, -0.25) is 9.59 Å². The molecule has 5 heteroatoms. The molecule has 18 heavy (non-hydrogen) atoms. The Bertz CT molecular complexity index is 467. The van der Waals surface area contributed by atoms with Gasteiger partial charge in [-0.05, 0) is 41.7 Å². The number of thiophene rings is 1. The minimum Gasteiger partial charge on any atom is -0.481 e. The van der Waals surface area contributed by atoms with Crippen molar-refractivity contribution in [1.82, 2.24) is 4.90 Å². The number of carbonyl (C=O) groups excluding carboxylic acids is 1. The molecule has 96 valence electrons. The molecule has 2 aliphatic rings. The SMILES string of the molecule is O=C(O)C1CC1C(=O)N(Cc1ccsc1)C1CC1. The van der Waals surface area contributed by atoms with Crippen LogP contribution in [0.3, 0.4) is 0 Å². The number of nitrogens with zero attached hydrogens (tertiary/aromatic N) is 1. The maximum atomic E-state index is 12.3. The molecule has 4 nitrogen and oxygen atoms in total. The van der Waals surface area contributed by atoms with Gasteiger partial charge < -0.3 is 10.0 Å². The molecule has 1 N–H and O–H groups in total. The van der Waals surface area contributed by atoms with E-state index in [0.717, 1.165) is 18.4 Å². The third kappa shape index (κ3) is 2.27. The average molecular weight is 265 g/mol. The second-order valence-electron chi connectivity index (χ2n) is 5.12. The lowest BCUT2D eigenvalue weighted by Crippen LogP contribution is -2.34. The van der Waals surface area contributed by atoms with Crippen LogP contribution in [0.5, 0.6) is 0 Å². The largest absolute Gasteiger partial charge is 0.481 e. The molecule has 2 saturated carbocycles. The Morgan fingerprint density at radius 3 is 2.67 bits per heavy atom. The van der Waals surface area contributed by atoms with E-state index < -0.39 is 11.9 Å². The summed E-state index contributed by atoms with van der Waals surface area (Å²) in [7, 11) is 0. The Hall–Kier alpha value is -1.36. The van der Waals surface area contributed by atoms with Crippen LogP contribution in [-0.4, -0.2) is 27.9 Å². The highest BCUT2D eigenvalue weighted by atomic mass is 32.1. The average Bonchev–Trinajstić information content (AvgIpc) is 3.24. The van der Waals surface area contributed by atoms with E-state index in [9.17, 15) is 9.59 Å². The molecule has 1 aromatic heterocycles. The summed E-state index contributed by atoms with van der Waals surface area (Å²) in [5, 5.41) is 12.9. The van der Waals surface area contributed by atoms with Gasteiger partial charge in [0.1, 0.15) is 0 Å². The van der Waals surface area contributed by atoms with E-state index in [-0.39, 0.29) is 11.8 Å². The maximum absolute atomic E-state index is 12.3. The smallest absolute Gasteiger partial charge is 0.307 e. The van der Waals surface area contributed by atoms with Gasteiger partial charge in [0, 0.05) is 12.6 Å². The number of rotatable bonds is 5. The molecule has 0 aliphatic heterocycles. The van der Waals surface area contributed by atoms with Crippen molar-refractivity contribution in [1.29, 1.82) is 0 Å². The summed E-state index contributed by atoms with van der Waals surface area (Å²) in [6.45, 7) is 0.635. The van der Waals surface area contributed by atoms with E-state index in [2.05, 4.69) is 0 Å². The van der Waals surface area contributed by atoms with Crippen molar-refractivity contribution in [2.45, 2.75) is 31.8 Å². The first-order valence-electron chi connectivity index (χ1n) is 6.21. The van der Waals surface area contributed by atoms with Crippen molar-refractivity contribution < 1.29 is 14.7 Å². The highest BCUT2D eigenvalue weighted by Crippen LogP contribution is 2.42. The minimum atomic E-state index is -0.834. The lowest BCUT2D eigenvalue weighted by Gasteiger charge is -2.22. The van der Waals surface area contributed by atoms with Crippen molar-refractivity contribution in [2.75, 3.05) is 0 Å². The van der Waals surface area contributed by atoms with E-state index in [4.69, 9.17) is 5.11 Å². The number of aliphatic carboxylic acids is 1. The third-order valence-electron chi connectivity index (χ3n) is 3.63. The van der Waals surface area contributed by atoms with Gasteiger partial charge in [-0.2, -0.15) is 11.3 Å². The molecule has 0 radical (unpaired) electrons. The lowest BCUT2D eigenvalue weighted by molar-refractivity contribution is -0.142. The summed E-state index contributed by atoms with van der Waals surface area (Å²) < 4.78 is 0. The van der Waals surface area contributed by atoms with Crippen LogP contribution in [0.15, 0.2) is 16.8 Å². The molecule has 0 aromatic carbocycles. The molecule has 3 rings (SSSR count). The van der Waals surface area contributed by atoms with E-state index in [1.165, 1.54) is 0 Å². The summed E-state index contributed by atoms with van der Waals surface area (Å²) in [5.74, 6) is -1.52. The van der Waals surface area contributed by atoms with Crippen LogP contribution in [0.2, 0.25) is 0 Å². The summed E-state index contributed by atoms with van der Waals surface area (Å²) in [6.07, 6.45) is 2.63. The summed E-state index contributed by atoms with van der Waals surface area (Å²) in [4.78, 5) is 25.0. The van der Waals surface area contributed by atoms with Crippen LogP contribution in [0.25, 0.3) is 0 Å². The van der Waals surface area contributed by atoms with Gasteiger partial charge in [0.25, 0.3) is 0 Å². The Labute approximate surface area is 109 Å². The van der Waals surface area contributed by atoms with Gasteiger partial charge in [-0.1, -0.05) is 0 Å². The molecule has 2 atom stereocenters. The molecule has 1 aromatic rings. The monoisotopic (exact) mass is 265 g/mol. The van der Waals surface area contributed by atoms with Crippen LogP contribution in [0.1, 0.15) is 24.8 Å². The zero-order chi connectivity index (χ0) is 12.7. The normalized spacial score (nSPS) is 25.8. The Balaban J connectivity index is 1.67. The molecule has 0 saturated heterocycles. The first-order valence-corrected chi connectivity index (χ1v) is 7.15. The number of hydrogen-bond donors (Lipinski definition) is 1. The highest BCUT2D eigenvalue weighted by Gasteiger charge is 2.51. The van der Waals surface area contributed by atoms with Crippen LogP contribution in [-0.2, 0) is 16.1 Å². The molecular weight excluding hydrogens is 250 g/mol. The fourth-order valence-corrected chi connectivity index (χ4v) is 2.97. The van der Waals surface area contributed by atoms with Crippen molar-refractivity contribution in [3.05, 3.63) is 22.4 Å². The second kappa shape index (κ2) is 4.39. The zero-order valence-electron chi connectivity index (χ0n) is 9.91. The zero-order valence-corrected chi connectivity index (χ0v) is 10.7. The Morgan fingerprint density at radius 1 is 1.39 bits per heavy atom. The molecule has 2 fully saturated rings.